The molecule has 63 heavy (non-hydrogen) atoms. The fourth-order valence-corrected chi connectivity index (χ4v) is 7.20. The van der Waals surface area contributed by atoms with E-state index in [1.54, 1.807) is 0 Å². The predicted octanol–water partition coefficient (Wildman–Crippen LogP) is 13.4. The summed E-state index contributed by atoms with van der Waals surface area (Å²) in [5.41, 5.74) is 11.6. The average Bonchev–Trinajstić information content (AvgIpc) is 4.16. The van der Waals surface area contributed by atoms with Crippen LogP contribution in [0.5, 0.6) is 17.2 Å². The van der Waals surface area contributed by atoms with Gasteiger partial charge >= 0.3 is 0 Å². The van der Waals surface area contributed by atoms with Crippen molar-refractivity contribution < 1.29 is 27.8 Å². The highest BCUT2D eigenvalue weighted by Crippen LogP contribution is 2.35. The van der Waals surface area contributed by atoms with E-state index in [1.165, 1.54) is 0 Å². The fourth-order valence-electron chi connectivity index (χ4n) is 7.20. The molecule has 9 heteroatoms. The molecule has 0 saturated carbocycles. The second-order valence-electron chi connectivity index (χ2n) is 14.9. The van der Waals surface area contributed by atoms with Crippen LogP contribution in [-0.4, -0.2) is 15.5 Å². The Morgan fingerprint density at radius 2 is 0.540 bits per heavy atom. The van der Waals surface area contributed by atoms with Gasteiger partial charge in [-0.25, -0.2) is 0 Å². The second-order valence-corrected chi connectivity index (χ2v) is 14.9. The van der Waals surface area contributed by atoms with E-state index in [0.717, 1.165) is 84.4 Å². The summed E-state index contributed by atoms with van der Waals surface area (Å²) in [5, 5.41) is 12.6. The van der Waals surface area contributed by atoms with E-state index in [9.17, 15) is 0 Å². The minimum Gasteiger partial charge on any atom is -0.486 e. The summed E-state index contributed by atoms with van der Waals surface area (Å²) >= 11 is 0. The highest BCUT2D eigenvalue weighted by atomic mass is 16.5. The van der Waals surface area contributed by atoms with Crippen LogP contribution >= 0.6 is 0 Å². The van der Waals surface area contributed by atoms with Crippen LogP contribution < -0.4 is 14.2 Å². The van der Waals surface area contributed by atoms with Crippen molar-refractivity contribution in [1.82, 2.24) is 15.5 Å². The van der Waals surface area contributed by atoms with Crippen molar-refractivity contribution in [3.63, 3.8) is 0 Å². The lowest BCUT2D eigenvalue weighted by molar-refractivity contribution is 0.249. The van der Waals surface area contributed by atoms with Crippen LogP contribution in [0.25, 0.3) is 67.2 Å². The zero-order valence-corrected chi connectivity index (χ0v) is 34.0. The monoisotopic (exact) mass is 825 g/mol. The lowest BCUT2D eigenvalue weighted by atomic mass is 9.93. The van der Waals surface area contributed by atoms with Gasteiger partial charge in [0.2, 0.25) is 0 Å². The molecule has 7 aromatic carbocycles. The maximum atomic E-state index is 6.10. The highest BCUT2D eigenvalue weighted by molar-refractivity contribution is 5.81. The Morgan fingerprint density at radius 3 is 0.810 bits per heavy atom. The SMILES string of the molecule is c1ccc(-c2cc(COc3ccc(-c4cc(-c5ccc(OCc6cc(-c7ccccc7)no6)cc5)cc(-c5ccc(OCc6cc(-c7ccccc7)no6)cc5)c4)cc3)on2)cc1. The summed E-state index contributed by atoms with van der Waals surface area (Å²) in [6.45, 7) is 0.787. The van der Waals surface area contributed by atoms with Gasteiger partial charge in [-0.3, -0.25) is 0 Å². The summed E-state index contributed by atoms with van der Waals surface area (Å²) in [7, 11) is 0. The van der Waals surface area contributed by atoms with Crippen LogP contribution in [0.15, 0.2) is 214 Å². The summed E-state index contributed by atoms with van der Waals surface area (Å²) in [6.07, 6.45) is 0. The van der Waals surface area contributed by atoms with Crippen molar-refractivity contribution in [2.24, 2.45) is 0 Å². The molecular weight excluding hydrogens is 787 g/mol. The lowest BCUT2D eigenvalue weighted by Crippen LogP contribution is -1.94. The van der Waals surface area contributed by atoms with Crippen molar-refractivity contribution in [2.75, 3.05) is 0 Å². The Bertz CT molecular complexity index is 2690. The van der Waals surface area contributed by atoms with Gasteiger partial charge in [-0.05, 0) is 88.0 Å². The third kappa shape index (κ3) is 9.33. The second kappa shape index (κ2) is 18.0. The molecule has 3 heterocycles. The van der Waals surface area contributed by atoms with Crippen LogP contribution in [0.1, 0.15) is 17.3 Å². The van der Waals surface area contributed by atoms with Gasteiger partial charge in [0.25, 0.3) is 0 Å². The maximum absolute atomic E-state index is 6.10. The molecule has 9 nitrogen and oxygen atoms in total. The fraction of sp³-hybridized carbons (Fsp3) is 0.0556. The normalized spacial score (nSPS) is 11.0. The van der Waals surface area contributed by atoms with E-state index < -0.39 is 0 Å². The molecule has 0 spiro atoms. The van der Waals surface area contributed by atoms with Gasteiger partial charge in [0.05, 0.1) is 0 Å². The van der Waals surface area contributed by atoms with Crippen LogP contribution in [0, 0.1) is 0 Å². The highest BCUT2D eigenvalue weighted by Gasteiger charge is 2.13. The number of nitrogens with zero attached hydrogens (tertiary/aromatic N) is 3. The predicted molar refractivity (Wildman–Crippen MR) is 242 cm³/mol. The standard InChI is InChI=1S/C54H39N3O6/c1-4-10-40(11-5-1)52-31-49(61-55-52)34-58-46-22-16-37(17-23-46)43-28-44(38-18-24-47(25-19-38)59-35-50-32-53(56-62-50)41-12-6-2-7-13-41)30-45(29-43)39-20-26-48(27-21-39)60-36-51-33-54(57-63-51)42-14-8-3-9-15-42/h1-33H,34-36H2. The molecule has 0 amide bonds. The zero-order valence-electron chi connectivity index (χ0n) is 34.0. The zero-order chi connectivity index (χ0) is 42.2. The van der Waals surface area contributed by atoms with Crippen LogP contribution in [0.4, 0.5) is 0 Å². The Morgan fingerprint density at radius 1 is 0.270 bits per heavy atom. The van der Waals surface area contributed by atoms with Gasteiger partial charge in [-0.1, -0.05) is 143 Å². The first-order chi connectivity index (χ1) is 31.1. The molecule has 0 N–H and O–H groups in total. The van der Waals surface area contributed by atoms with Gasteiger partial charge < -0.3 is 27.8 Å². The summed E-state index contributed by atoms with van der Waals surface area (Å²) in [4.78, 5) is 0. The van der Waals surface area contributed by atoms with Gasteiger partial charge in [-0.2, -0.15) is 0 Å². The average molecular weight is 826 g/mol. The van der Waals surface area contributed by atoms with Gasteiger partial charge in [-0.15, -0.1) is 0 Å². The molecule has 3 aromatic heterocycles. The van der Waals surface area contributed by atoms with Gasteiger partial charge in [0, 0.05) is 34.9 Å². The minimum atomic E-state index is 0.262. The molecule has 306 valence electrons. The van der Waals surface area contributed by atoms with E-state index in [-0.39, 0.29) is 19.8 Å². The Labute approximate surface area is 363 Å². The number of rotatable bonds is 15. The molecule has 10 aromatic rings. The maximum Gasteiger partial charge on any atom is 0.174 e. The first kappa shape index (κ1) is 38.8. The van der Waals surface area contributed by atoms with Crippen molar-refractivity contribution in [3.8, 4) is 84.4 Å². The van der Waals surface area contributed by atoms with Gasteiger partial charge in [0.1, 0.15) is 54.2 Å². The van der Waals surface area contributed by atoms with Crippen molar-refractivity contribution in [1.29, 1.82) is 0 Å². The van der Waals surface area contributed by atoms with E-state index >= 15 is 0 Å². The number of ether oxygens (including phenoxy) is 3. The lowest BCUT2D eigenvalue weighted by Gasteiger charge is -2.13. The van der Waals surface area contributed by atoms with E-state index in [4.69, 9.17) is 27.8 Å². The van der Waals surface area contributed by atoms with Crippen molar-refractivity contribution >= 4 is 0 Å². The smallest absolute Gasteiger partial charge is 0.174 e. The molecule has 0 fully saturated rings. The topological polar surface area (TPSA) is 106 Å². The Balaban J connectivity index is 0.863. The minimum absolute atomic E-state index is 0.262. The van der Waals surface area contributed by atoms with E-state index in [0.29, 0.717) is 17.3 Å². The first-order valence-electron chi connectivity index (χ1n) is 20.5. The molecule has 0 unspecified atom stereocenters. The quantitative estimate of drug-likeness (QED) is 0.0998. The molecule has 0 aliphatic carbocycles. The molecule has 0 radical (unpaired) electrons. The van der Waals surface area contributed by atoms with Crippen LogP contribution in [0.2, 0.25) is 0 Å². The summed E-state index contributed by atoms with van der Waals surface area (Å²) in [6, 6.07) is 66.4. The first-order valence-corrected chi connectivity index (χ1v) is 20.5. The van der Waals surface area contributed by atoms with E-state index in [1.807, 2.05) is 146 Å². The third-order valence-electron chi connectivity index (χ3n) is 10.5. The third-order valence-corrected chi connectivity index (χ3v) is 10.5. The van der Waals surface area contributed by atoms with Gasteiger partial charge in [0.15, 0.2) is 17.3 Å². The summed E-state index contributed by atoms with van der Waals surface area (Å²) in [5.74, 6) is 4.11. The number of hydrogen-bond acceptors (Lipinski definition) is 9. The molecule has 0 bridgehead atoms. The van der Waals surface area contributed by atoms with Crippen LogP contribution in [0.3, 0.4) is 0 Å². The molecule has 0 saturated heterocycles. The number of benzene rings is 7. The Hall–Kier alpha value is -8.43. The van der Waals surface area contributed by atoms with Crippen LogP contribution in [-0.2, 0) is 19.8 Å². The Kier molecular flexibility index (Phi) is 11.1. The van der Waals surface area contributed by atoms with Crippen molar-refractivity contribution in [3.05, 3.63) is 217 Å². The molecular formula is C54H39N3O6. The van der Waals surface area contributed by atoms with Crippen molar-refractivity contribution in [2.45, 2.75) is 19.8 Å². The largest absolute Gasteiger partial charge is 0.486 e. The molecule has 0 atom stereocenters. The number of hydrogen-bond donors (Lipinski definition) is 0. The molecule has 0 aliphatic rings. The summed E-state index contributed by atoms with van der Waals surface area (Å²) < 4.78 is 35.0. The molecule has 10 rings (SSSR count). The van der Waals surface area contributed by atoms with E-state index in [2.05, 4.69) is 70.1 Å². The number of aromatic nitrogens is 3. The molecule has 0 aliphatic heterocycles.